The molecule has 1 aliphatic rings. The molecule has 10 aromatic rings. The predicted molar refractivity (Wildman–Crippen MR) is 228 cm³/mol. The summed E-state index contributed by atoms with van der Waals surface area (Å²) in [6.07, 6.45) is 0.823. The Hall–Kier alpha value is -6.97. The summed E-state index contributed by atoms with van der Waals surface area (Å²) in [7, 11) is 0. The number of fused-ring (bicyclic) bond motifs is 5. The highest BCUT2D eigenvalue weighted by Gasteiger charge is 2.31. The van der Waals surface area contributed by atoms with E-state index in [-0.39, 0.29) is 0 Å². The van der Waals surface area contributed by atoms with E-state index in [1.165, 1.54) is 65.7 Å². The summed E-state index contributed by atoms with van der Waals surface area (Å²) in [6.45, 7) is 2.21. The number of hydrogen-bond acceptors (Lipinski definition) is 2. The third-order valence-electron chi connectivity index (χ3n) is 11.2. The summed E-state index contributed by atoms with van der Waals surface area (Å²) in [5.74, 6) is 1.06. The Morgan fingerprint density at radius 2 is 1.11 bits per heavy atom. The van der Waals surface area contributed by atoms with Gasteiger partial charge in [-0.25, -0.2) is 4.98 Å². The zero-order valence-corrected chi connectivity index (χ0v) is 29.9. The van der Waals surface area contributed by atoms with E-state index in [4.69, 9.17) is 4.98 Å². The number of aryl methyl sites for hydroxylation is 1. The van der Waals surface area contributed by atoms with Crippen LogP contribution in [-0.4, -0.2) is 9.55 Å². The number of nitrogens with zero attached hydrogens (tertiary/aromatic N) is 3. The van der Waals surface area contributed by atoms with E-state index >= 15 is 0 Å². The van der Waals surface area contributed by atoms with Crippen LogP contribution in [0.25, 0.3) is 82.4 Å². The molecule has 9 aromatic carbocycles. The molecule has 3 nitrogen and oxygen atoms in total. The molecule has 0 atom stereocenters. The normalized spacial score (nSPS) is 12.2. The molecule has 3 heteroatoms. The van der Waals surface area contributed by atoms with Crippen LogP contribution in [0.2, 0.25) is 0 Å². The Labute approximate surface area is 314 Å². The Morgan fingerprint density at radius 1 is 0.463 bits per heavy atom. The van der Waals surface area contributed by atoms with Crippen molar-refractivity contribution in [3.8, 4) is 39.1 Å². The Kier molecular flexibility index (Phi) is 6.83. The van der Waals surface area contributed by atoms with Crippen LogP contribution in [0.15, 0.2) is 182 Å². The van der Waals surface area contributed by atoms with Crippen LogP contribution in [0.4, 0.5) is 17.1 Å². The first-order chi connectivity index (χ1) is 26.8. The highest BCUT2D eigenvalue weighted by atomic mass is 15.2. The molecule has 11 rings (SSSR count). The van der Waals surface area contributed by atoms with E-state index < -0.39 is 0 Å². The second-order valence-electron chi connectivity index (χ2n) is 14.2. The van der Waals surface area contributed by atoms with Gasteiger partial charge in [0.05, 0.1) is 28.1 Å². The van der Waals surface area contributed by atoms with Gasteiger partial charge in [-0.05, 0) is 103 Å². The number of imidazole rings is 1. The summed E-state index contributed by atoms with van der Waals surface area (Å²) in [5, 5.41) is 7.47. The van der Waals surface area contributed by atoms with Crippen LogP contribution in [0, 0.1) is 0 Å². The predicted octanol–water partition coefficient (Wildman–Crippen LogP) is 13.8. The van der Waals surface area contributed by atoms with Crippen molar-refractivity contribution < 1.29 is 0 Å². The monoisotopic (exact) mass is 689 g/mol. The molecule has 0 spiro atoms. The second-order valence-corrected chi connectivity index (χ2v) is 14.2. The molecule has 0 fully saturated rings. The zero-order valence-electron chi connectivity index (χ0n) is 29.9. The summed E-state index contributed by atoms with van der Waals surface area (Å²) in [4.78, 5) is 7.62. The van der Waals surface area contributed by atoms with E-state index in [2.05, 4.69) is 198 Å². The van der Waals surface area contributed by atoms with Crippen molar-refractivity contribution in [2.75, 3.05) is 4.90 Å². The molecule has 0 aliphatic carbocycles. The molecular formula is C51H35N3. The SMILES string of the molecule is CCc1nc2cccc3c2n1-c1c(-c2ccc4c(-c5ccccc5)c5ccccc5c(-c5ccc6ccccc6c5)c4c2)cccc1N3c1ccccc1. The van der Waals surface area contributed by atoms with Crippen LogP contribution in [-0.2, 0) is 6.42 Å². The summed E-state index contributed by atoms with van der Waals surface area (Å²) < 4.78 is 2.43. The van der Waals surface area contributed by atoms with Crippen molar-refractivity contribution in [1.82, 2.24) is 9.55 Å². The number of rotatable bonds is 5. The van der Waals surface area contributed by atoms with Crippen molar-refractivity contribution in [2.24, 2.45) is 0 Å². The zero-order chi connectivity index (χ0) is 35.8. The van der Waals surface area contributed by atoms with E-state index in [1.807, 2.05) is 0 Å². The van der Waals surface area contributed by atoms with Gasteiger partial charge in [0, 0.05) is 17.7 Å². The Balaban J connectivity index is 1.25. The average Bonchev–Trinajstić information content (AvgIpc) is 3.62. The minimum Gasteiger partial charge on any atom is -0.306 e. The lowest BCUT2D eigenvalue weighted by Gasteiger charge is -2.34. The number of anilines is 3. The first-order valence-electron chi connectivity index (χ1n) is 18.8. The summed E-state index contributed by atoms with van der Waals surface area (Å²) in [5.41, 5.74) is 14.1. The molecule has 1 aromatic heterocycles. The fourth-order valence-corrected chi connectivity index (χ4v) is 8.90. The standard InChI is InChI=1S/C51H35N3/c1-2-47-52-44-24-14-26-46-51(44)54(47)50-39(23-13-25-45(50)53(46)38-19-7-4-8-20-38)36-29-30-42-43(32-36)49(37-28-27-33-15-9-10-18-35(33)31-37)41-22-12-11-21-40(41)48(42)34-16-5-3-6-17-34/h3-32H,2H2,1H3. The topological polar surface area (TPSA) is 21.1 Å². The molecule has 2 heterocycles. The molecule has 0 saturated carbocycles. The van der Waals surface area contributed by atoms with E-state index in [0.29, 0.717) is 0 Å². The van der Waals surface area contributed by atoms with Gasteiger partial charge >= 0.3 is 0 Å². The molecular weight excluding hydrogens is 655 g/mol. The van der Waals surface area contributed by atoms with Crippen LogP contribution in [0.1, 0.15) is 12.7 Å². The molecule has 0 saturated heterocycles. The maximum absolute atomic E-state index is 5.21. The fraction of sp³-hybridized carbons (Fsp3) is 0.0392. The van der Waals surface area contributed by atoms with Gasteiger partial charge in [-0.15, -0.1) is 0 Å². The van der Waals surface area contributed by atoms with Crippen molar-refractivity contribution in [2.45, 2.75) is 13.3 Å². The number of aromatic nitrogens is 2. The van der Waals surface area contributed by atoms with E-state index in [0.717, 1.165) is 46.0 Å². The van der Waals surface area contributed by atoms with Crippen molar-refractivity contribution in [3.05, 3.63) is 188 Å². The van der Waals surface area contributed by atoms with Crippen molar-refractivity contribution in [3.63, 3.8) is 0 Å². The van der Waals surface area contributed by atoms with Crippen LogP contribution < -0.4 is 4.90 Å². The molecule has 254 valence electrons. The number of benzene rings is 9. The lowest BCUT2D eigenvalue weighted by molar-refractivity contribution is 0.901. The first kappa shape index (κ1) is 30.6. The van der Waals surface area contributed by atoms with Crippen molar-refractivity contribution >= 4 is 60.4 Å². The fourth-order valence-electron chi connectivity index (χ4n) is 8.90. The van der Waals surface area contributed by atoms with E-state index in [9.17, 15) is 0 Å². The van der Waals surface area contributed by atoms with Gasteiger partial charge in [0.15, 0.2) is 0 Å². The smallest absolute Gasteiger partial charge is 0.114 e. The van der Waals surface area contributed by atoms with Crippen LogP contribution >= 0.6 is 0 Å². The van der Waals surface area contributed by atoms with Gasteiger partial charge < -0.3 is 4.90 Å². The summed E-state index contributed by atoms with van der Waals surface area (Å²) in [6, 6.07) is 66.5. The van der Waals surface area contributed by atoms with Gasteiger partial charge in [0.2, 0.25) is 0 Å². The molecule has 0 amide bonds. The molecule has 1 aliphatic heterocycles. The van der Waals surface area contributed by atoms with Gasteiger partial charge in [-0.1, -0.05) is 146 Å². The lowest BCUT2D eigenvalue weighted by Crippen LogP contribution is -2.19. The van der Waals surface area contributed by atoms with Crippen LogP contribution in [0.3, 0.4) is 0 Å². The first-order valence-corrected chi connectivity index (χ1v) is 18.8. The summed E-state index contributed by atoms with van der Waals surface area (Å²) >= 11 is 0. The Bertz CT molecular complexity index is 3090. The maximum Gasteiger partial charge on any atom is 0.114 e. The number of hydrogen-bond donors (Lipinski definition) is 0. The van der Waals surface area contributed by atoms with Gasteiger partial charge in [-0.3, -0.25) is 4.57 Å². The molecule has 54 heavy (non-hydrogen) atoms. The molecule has 0 radical (unpaired) electrons. The van der Waals surface area contributed by atoms with Gasteiger partial charge in [0.25, 0.3) is 0 Å². The largest absolute Gasteiger partial charge is 0.306 e. The van der Waals surface area contributed by atoms with Gasteiger partial charge in [0.1, 0.15) is 5.82 Å². The highest BCUT2D eigenvalue weighted by Crippen LogP contribution is 2.51. The third kappa shape index (κ3) is 4.52. The average molecular weight is 690 g/mol. The number of para-hydroxylation sites is 3. The second kappa shape index (κ2) is 12.0. The quantitative estimate of drug-likeness (QED) is 0.168. The molecule has 0 bridgehead atoms. The highest BCUT2D eigenvalue weighted by molar-refractivity contribution is 6.22. The maximum atomic E-state index is 5.21. The van der Waals surface area contributed by atoms with Crippen molar-refractivity contribution in [1.29, 1.82) is 0 Å². The molecule has 0 N–H and O–H groups in total. The Morgan fingerprint density at radius 3 is 1.91 bits per heavy atom. The van der Waals surface area contributed by atoms with E-state index in [1.54, 1.807) is 0 Å². The molecule has 0 unspecified atom stereocenters. The minimum absolute atomic E-state index is 0.823. The van der Waals surface area contributed by atoms with Crippen LogP contribution in [0.5, 0.6) is 0 Å². The van der Waals surface area contributed by atoms with Gasteiger partial charge in [-0.2, -0.15) is 0 Å². The lowest BCUT2D eigenvalue weighted by atomic mass is 9.84. The third-order valence-corrected chi connectivity index (χ3v) is 11.2. The minimum atomic E-state index is 0.823.